The molecule has 0 aliphatic heterocycles. The molecule has 1 atom stereocenters. The Morgan fingerprint density at radius 1 is 1.16 bits per heavy atom. The molecule has 19 heavy (non-hydrogen) atoms. The van der Waals surface area contributed by atoms with Gasteiger partial charge in [-0.15, -0.1) is 0 Å². The van der Waals surface area contributed by atoms with Crippen LogP contribution in [0, 0.1) is 11.8 Å². The molecule has 0 aliphatic carbocycles. The van der Waals surface area contributed by atoms with Crippen molar-refractivity contribution in [3.63, 3.8) is 0 Å². The van der Waals surface area contributed by atoms with Gasteiger partial charge in [-0.2, -0.15) is 0 Å². The number of carbonyl (C=O) groups is 1. The maximum Gasteiger partial charge on any atom is 0.305 e. The summed E-state index contributed by atoms with van der Waals surface area (Å²) >= 11 is 0. The summed E-state index contributed by atoms with van der Waals surface area (Å²) in [4.78, 5) is 11.6. The Morgan fingerprint density at radius 3 is 2.47 bits per heavy atom. The smallest absolute Gasteiger partial charge is 0.305 e. The summed E-state index contributed by atoms with van der Waals surface area (Å²) in [5.74, 6) is 0.953. The lowest BCUT2D eigenvalue weighted by Crippen LogP contribution is -2.17. The zero-order chi connectivity index (χ0) is 14.5. The van der Waals surface area contributed by atoms with Crippen LogP contribution in [0.4, 0.5) is 0 Å². The van der Waals surface area contributed by atoms with Gasteiger partial charge in [0.1, 0.15) is 6.61 Å². The highest BCUT2D eigenvalue weighted by atomic mass is 16.6. The van der Waals surface area contributed by atoms with Gasteiger partial charge < -0.3 is 15.2 Å². The molecular formula is C15H31NO3. The lowest BCUT2D eigenvalue weighted by atomic mass is 9.88. The monoisotopic (exact) mass is 273 g/mol. The summed E-state index contributed by atoms with van der Waals surface area (Å²) in [6.45, 7) is 8.77. The quantitative estimate of drug-likeness (QED) is 0.439. The molecule has 0 aromatic heterocycles. The molecule has 0 rings (SSSR count). The van der Waals surface area contributed by atoms with Gasteiger partial charge in [0.15, 0.2) is 0 Å². The number of rotatable bonds is 12. The predicted molar refractivity (Wildman–Crippen MR) is 77.9 cm³/mol. The third kappa shape index (κ3) is 11.0. The molecule has 0 fully saturated rings. The molecule has 1 unspecified atom stereocenters. The highest BCUT2D eigenvalue weighted by molar-refractivity contribution is 5.69. The van der Waals surface area contributed by atoms with Crippen molar-refractivity contribution in [3.8, 4) is 0 Å². The van der Waals surface area contributed by atoms with Crippen molar-refractivity contribution < 1.29 is 14.3 Å². The molecule has 0 saturated heterocycles. The van der Waals surface area contributed by atoms with Crippen molar-refractivity contribution in [1.29, 1.82) is 0 Å². The van der Waals surface area contributed by atoms with Gasteiger partial charge in [-0.3, -0.25) is 4.79 Å². The van der Waals surface area contributed by atoms with Crippen molar-refractivity contribution in [3.05, 3.63) is 0 Å². The van der Waals surface area contributed by atoms with E-state index in [4.69, 9.17) is 15.2 Å². The molecule has 0 radical (unpaired) electrons. The summed E-state index contributed by atoms with van der Waals surface area (Å²) in [5, 5.41) is 0. The third-order valence-electron chi connectivity index (χ3n) is 3.33. The standard InChI is InChI=1S/C15H31NO3/c1-4-5-10-18-11-12-19-15(17)7-6-14(8-9-16)13(2)3/h13-14H,4-12,16H2,1-3H3. The molecule has 0 saturated carbocycles. The van der Waals surface area contributed by atoms with Gasteiger partial charge in [-0.25, -0.2) is 0 Å². The van der Waals surface area contributed by atoms with Crippen LogP contribution in [0.1, 0.15) is 52.9 Å². The average molecular weight is 273 g/mol. The van der Waals surface area contributed by atoms with Gasteiger partial charge >= 0.3 is 5.97 Å². The molecule has 0 aromatic carbocycles. The van der Waals surface area contributed by atoms with Crippen LogP contribution in [-0.4, -0.2) is 32.3 Å². The van der Waals surface area contributed by atoms with Crippen LogP contribution < -0.4 is 5.73 Å². The third-order valence-corrected chi connectivity index (χ3v) is 3.33. The minimum atomic E-state index is -0.123. The van der Waals surface area contributed by atoms with E-state index in [0.29, 0.717) is 38.0 Å². The summed E-state index contributed by atoms with van der Waals surface area (Å²) in [5.41, 5.74) is 5.58. The van der Waals surface area contributed by atoms with E-state index in [1.807, 2.05) is 0 Å². The second-order valence-corrected chi connectivity index (χ2v) is 5.31. The van der Waals surface area contributed by atoms with E-state index in [-0.39, 0.29) is 5.97 Å². The zero-order valence-electron chi connectivity index (χ0n) is 12.8. The van der Waals surface area contributed by atoms with Gasteiger partial charge in [-0.1, -0.05) is 27.2 Å². The number of hydrogen-bond acceptors (Lipinski definition) is 4. The normalized spacial score (nSPS) is 12.7. The van der Waals surface area contributed by atoms with E-state index in [1.54, 1.807) is 0 Å². The first-order valence-electron chi connectivity index (χ1n) is 7.55. The van der Waals surface area contributed by atoms with Crippen molar-refractivity contribution in [2.24, 2.45) is 17.6 Å². The van der Waals surface area contributed by atoms with Crippen molar-refractivity contribution in [2.75, 3.05) is 26.4 Å². The van der Waals surface area contributed by atoms with Gasteiger partial charge in [0, 0.05) is 13.0 Å². The Kier molecular flexibility index (Phi) is 12.0. The molecule has 0 spiro atoms. The Bertz CT molecular complexity index is 219. The average Bonchev–Trinajstić information content (AvgIpc) is 2.38. The fourth-order valence-corrected chi connectivity index (χ4v) is 1.96. The lowest BCUT2D eigenvalue weighted by molar-refractivity contribution is -0.145. The summed E-state index contributed by atoms with van der Waals surface area (Å²) < 4.78 is 10.5. The summed E-state index contributed by atoms with van der Waals surface area (Å²) in [6.07, 6.45) is 4.51. The van der Waals surface area contributed by atoms with Gasteiger partial charge in [-0.05, 0) is 37.6 Å². The summed E-state index contributed by atoms with van der Waals surface area (Å²) in [6, 6.07) is 0. The van der Waals surface area contributed by atoms with Crippen LogP contribution >= 0.6 is 0 Å². The SMILES string of the molecule is CCCCOCCOC(=O)CCC(CCN)C(C)C. The van der Waals surface area contributed by atoms with Crippen LogP contribution in [0.2, 0.25) is 0 Å². The molecule has 0 heterocycles. The maximum absolute atomic E-state index is 11.6. The van der Waals surface area contributed by atoms with E-state index < -0.39 is 0 Å². The van der Waals surface area contributed by atoms with E-state index in [2.05, 4.69) is 20.8 Å². The number of esters is 1. The van der Waals surface area contributed by atoms with Crippen LogP contribution in [-0.2, 0) is 14.3 Å². The van der Waals surface area contributed by atoms with Gasteiger partial charge in [0.05, 0.1) is 6.61 Å². The second kappa shape index (κ2) is 12.4. The summed E-state index contributed by atoms with van der Waals surface area (Å²) in [7, 11) is 0. The van der Waals surface area contributed by atoms with Crippen LogP contribution in [0.15, 0.2) is 0 Å². The minimum absolute atomic E-state index is 0.123. The topological polar surface area (TPSA) is 61.5 Å². The molecule has 4 nitrogen and oxygen atoms in total. The first kappa shape index (κ1) is 18.4. The molecule has 0 aromatic rings. The Morgan fingerprint density at radius 2 is 1.89 bits per heavy atom. The zero-order valence-corrected chi connectivity index (χ0v) is 12.8. The van der Waals surface area contributed by atoms with E-state index in [9.17, 15) is 4.79 Å². The molecular weight excluding hydrogens is 242 g/mol. The minimum Gasteiger partial charge on any atom is -0.463 e. The lowest BCUT2D eigenvalue weighted by Gasteiger charge is -2.19. The first-order valence-corrected chi connectivity index (χ1v) is 7.55. The van der Waals surface area contributed by atoms with Gasteiger partial charge in [0.2, 0.25) is 0 Å². The van der Waals surface area contributed by atoms with Gasteiger partial charge in [0.25, 0.3) is 0 Å². The number of hydrogen-bond donors (Lipinski definition) is 1. The van der Waals surface area contributed by atoms with Crippen molar-refractivity contribution >= 4 is 5.97 Å². The predicted octanol–water partition coefficient (Wildman–Crippen LogP) is 2.75. The van der Waals surface area contributed by atoms with Crippen LogP contribution in [0.3, 0.4) is 0 Å². The molecule has 0 amide bonds. The number of unbranched alkanes of at least 4 members (excludes halogenated alkanes) is 1. The van der Waals surface area contributed by atoms with E-state index in [0.717, 1.165) is 32.3 Å². The highest BCUT2D eigenvalue weighted by Crippen LogP contribution is 2.20. The van der Waals surface area contributed by atoms with Crippen molar-refractivity contribution in [1.82, 2.24) is 0 Å². The highest BCUT2D eigenvalue weighted by Gasteiger charge is 2.14. The Labute approximate surface area is 118 Å². The fraction of sp³-hybridized carbons (Fsp3) is 0.933. The van der Waals surface area contributed by atoms with E-state index >= 15 is 0 Å². The Hall–Kier alpha value is -0.610. The molecule has 4 heteroatoms. The fourth-order valence-electron chi connectivity index (χ4n) is 1.96. The van der Waals surface area contributed by atoms with Crippen molar-refractivity contribution in [2.45, 2.75) is 52.9 Å². The maximum atomic E-state index is 11.6. The molecule has 0 aliphatic rings. The van der Waals surface area contributed by atoms with Crippen LogP contribution in [0.25, 0.3) is 0 Å². The number of ether oxygens (including phenoxy) is 2. The Balaban J connectivity index is 3.57. The first-order chi connectivity index (χ1) is 9.11. The largest absolute Gasteiger partial charge is 0.463 e. The number of carbonyl (C=O) groups excluding carboxylic acids is 1. The molecule has 0 bridgehead atoms. The van der Waals surface area contributed by atoms with Crippen LogP contribution in [0.5, 0.6) is 0 Å². The molecule has 2 N–H and O–H groups in total. The number of nitrogens with two attached hydrogens (primary N) is 1. The second-order valence-electron chi connectivity index (χ2n) is 5.31. The molecule has 114 valence electrons. The van der Waals surface area contributed by atoms with E-state index in [1.165, 1.54) is 0 Å².